The lowest BCUT2D eigenvalue weighted by Crippen LogP contribution is -1.83. The molecule has 0 fully saturated rings. The number of aliphatic hydroxyl groups is 1. The summed E-state index contributed by atoms with van der Waals surface area (Å²) in [5, 5.41) is 9.44. The molecule has 1 nitrogen and oxygen atoms in total. The van der Waals surface area contributed by atoms with Gasteiger partial charge in [-0.05, 0) is 11.1 Å². The van der Waals surface area contributed by atoms with Crippen LogP contribution in [0, 0.1) is 0 Å². The van der Waals surface area contributed by atoms with Crippen molar-refractivity contribution in [1.82, 2.24) is 0 Å². The first kappa shape index (κ1) is 9.49. The van der Waals surface area contributed by atoms with E-state index < -0.39 is 0 Å². The molecule has 0 aromatic heterocycles. The van der Waals surface area contributed by atoms with E-state index in [4.69, 9.17) is 5.11 Å². The number of halogens is 1. The summed E-state index contributed by atoms with van der Waals surface area (Å²) in [4.78, 5) is 0. The van der Waals surface area contributed by atoms with Gasteiger partial charge in [-0.3, -0.25) is 0 Å². The van der Waals surface area contributed by atoms with Crippen molar-refractivity contribution in [3.05, 3.63) is 41.5 Å². The topological polar surface area (TPSA) is 20.2 Å². The van der Waals surface area contributed by atoms with Crippen molar-refractivity contribution in [2.75, 3.05) is 6.61 Å². The monoisotopic (exact) mass is 226 g/mol. The van der Waals surface area contributed by atoms with E-state index in [0.717, 1.165) is 10.9 Å². The second-order valence-electron chi connectivity index (χ2n) is 2.42. The van der Waals surface area contributed by atoms with Crippen molar-refractivity contribution in [2.24, 2.45) is 0 Å². The maximum atomic E-state index is 8.59. The highest BCUT2D eigenvalue weighted by Crippen LogP contribution is 2.13. The molecule has 1 aromatic carbocycles. The molecule has 2 heteroatoms. The Kier molecular flexibility index (Phi) is 4.05. The minimum Gasteiger partial charge on any atom is -0.392 e. The van der Waals surface area contributed by atoms with Crippen molar-refractivity contribution in [3.63, 3.8) is 0 Å². The van der Waals surface area contributed by atoms with Gasteiger partial charge >= 0.3 is 0 Å². The van der Waals surface area contributed by atoms with Gasteiger partial charge in [0.1, 0.15) is 0 Å². The van der Waals surface area contributed by atoms with E-state index in [1.165, 1.54) is 5.56 Å². The second kappa shape index (κ2) is 5.12. The lowest BCUT2D eigenvalue weighted by atomic mass is 10.1. The Labute approximate surface area is 80.9 Å². The second-order valence-corrected chi connectivity index (χ2v) is 2.98. The van der Waals surface area contributed by atoms with Crippen LogP contribution in [-0.2, 0) is 5.33 Å². The fourth-order valence-electron chi connectivity index (χ4n) is 0.998. The zero-order valence-electron chi connectivity index (χ0n) is 6.70. The predicted octanol–water partition coefficient (Wildman–Crippen LogP) is 2.59. The summed E-state index contributed by atoms with van der Waals surface area (Å²) in [5.74, 6) is 0. The molecule has 64 valence electrons. The molecule has 1 aromatic rings. The van der Waals surface area contributed by atoms with Crippen molar-refractivity contribution in [1.29, 1.82) is 0 Å². The largest absolute Gasteiger partial charge is 0.392 e. The smallest absolute Gasteiger partial charge is 0.0615 e. The molecule has 0 aliphatic heterocycles. The lowest BCUT2D eigenvalue weighted by molar-refractivity contribution is 0.343. The molecule has 0 atom stereocenters. The highest BCUT2D eigenvalue weighted by molar-refractivity contribution is 9.08. The Morgan fingerprint density at radius 3 is 2.75 bits per heavy atom. The molecular weight excluding hydrogens is 216 g/mol. The molecule has 0 heterocycles. The zero-order chi connectivity index (χ0) is 8.81. The van der Waals surface area contributed by atoms with Gasteiger partial charge < -0.3 is 5.11 Å². The van der Waals surface area contributed by atoms with Crippen LogP contribution < -0.4 is 0 Å². The zero-order valence-corrected chi connectivity index (χ0v) is 8.29. The number of benzene rings is 1. The third kappa shape index (κ3) is 2.47. The normalized spacial score (nSPS) is 10.8. The van der Waals surface area contributed by atoms with E-state index in [-0.39, 0.29) is 6.61 Å². The van der Waals surface area contributed by atoms with Crippen LogP contribution in [0.15, 0.2) is 30.3 Å². The number of alkyl halides is 1. The molecule has 12 heavy (non-hydrogen) atoms. The van der Waals surface area contributed by atoms with Gasteiger partial charge in [0.15, 0.2) is 0 Å². The van der Waals surface area contributed by atoms with Crippen LogP contribution in [0.1, 0.15) is 11.1 Å². The average molecular weight is 227 g/mol. The predicted molar refractivity (Wildman–Crippen MR) is 55.2 cm³/mol. The Morgan fingerprint density at radius 1 is 1.33 bits per heavy atom. The minimum atomic E-state index is 0.0939. The summed E-state index contributed by atoms with van der Waals surface area (Å²) in [6.07, 6.45) is 3.66. The van der Waals surface area contributed by atoms with Crippen LogP contribution in [0.4, 0.5) is 0 Å². The summed E-state index contributed by atoms with van der Waals surface area (Å²) < 4.78 is 0. The first-order valence-corrected chi connectivity index (χ1v) is 4.92. The Bertz CT molecular complexity index is 268. The van der Waals surface area contributed by atoms with Crippen LogP contribution in [0.25, 0.3) is 6.08 Å². The molecule has 0 bridgehead atoms. The summed E-state index contributed by atoms with van der Waals surface area (Å²) in [6.45, 7) is 0.0939. The molecule has 0 unspecified atom stereocenters. The van der Waals surface area contributed by atoms with Crippen LogP contribution >= 0.6 is 15.9 Å². The van der Waals surface area contributed by atoms with Crippen molar-refractivity contribution in [2.45, 2.75) is 5.33 Å². The molecule has 0 radical (unpaired) electrons. The first-order valence-electron chi connectivity index (χ1n) is 3.79. The van der Waals surface area contributed by atoms with Crippen LogP contribution in [0.2, 0.25) is 0 Å². The molecule has 0 saturated carbocycles. The third-order valence-electron chi connectivity index (χ3n) is 1.60. The minimum absolute atomic E-state index is 0.0939. The standard InChI is InChI=1S/C10H11BrO/c11-8-10-5-2-1-4-9(10)6-3-7-12/h1-6,12H,7-8H2/b6-3-. The van der Waals surface area contributed by atoms with Gasteiger partial charge in [-0.15, -0.1) is 0 Å². The number of hydrogen-bond donors (Lipinski definition) is 1. The molecule has 0 aliphatic rings. The highest BCUT2D eigenvalue weighted by atomic mass is 79.9. The van der Waals surface area contributed by atoms with Gasteiger partial charge in [0, 0.05) is 5.33 Å². The summed E-state index contributed by atoms with van der Waals surface area (Å²) >= 11 is 3.40. The van der Waals surface area contributed by atoms with Crippen LogP contribution in [-0.4, -0.2) is 11.7 Å². The molecule has 0 amide bonds. The Hall–Kier alpha value is -0.600. The van der Waals surface area contributed by atoms with Crippen molar-refractivity contribution in [3.8, 4) is 0 Å². The molecule has 1 rings (SSSR count). The molecular formula is C10H11BrO. The molecule has 0 aliphatic carbocycles. The summed E-state index contributed by atoms with van der Waals surface area (Å²) in [5.41, 5.74) is 2.39. The van der Waals surface area contributed by atoms with Crippen LogP contribution in [0.3, 0.4) is 0 Å². The number of hydrogen-bond acceptors (Lipinski definition) is 1. The summed E-state index contributed by atoms with van der Waals surface area (Å²) in [7, 11) is 0. The molecule has 0 saturated heterocycles. The Morgan fingerprint density at radius 2 is 2.08 bits per heavy atom. The van der Waals surface area contributed by atoms with E-state index >= 15 is 0 Å². The summed E-state index contributed by atoms with van der Waals surface area (Å²) in [6, 6.07) is 8.09. The maximum Gasteiger partial charge on any atom is 0.0615 e. The van der Waals surface area contributed by atoms with Gasteiger partial charge in [-0.25, -0.2) is 0 Å². The fourth-order valence-corrected chi connectivity index (χ4v) is 1.51. The van der Waals surface area contributed by atoms with Gasteiger partial charge in [-0.2, -0.15) is 0 Å². The SMILES string of the molecule is OC/C=C\c1ccccc1CBr. The molecule has 0 spiro atoms. The van der Waals surface area contributed by atoms with Crippen molar-refractivity contribution >= 4 is 22.0 Å². The fraction of sp³-hybridized carbons (Fsp3) is 0.200. The highest BCUT2D eigenvalue weighted by Gasteiger charge is 1.94. The maximum absolute atomic E-state index is 8.59. The average Bonchev–Trinajstić information content (AvgIpc) is 2.15. The number of aliphatic hydroxyl groups excluding tert-OH is 1. The van der Waals surface area contributed by atoms with Gasteiger partial charge in [0.05, 0.1) is 6.61 Å². The van der Waals surface area contributed by atoms with E-state index in [2.05, 4.69) is 22.0 Å². The lowest BCUT2D eigenvalue weighted by Gasteiger charge is -2.00. The quantitative estimate of drug-likeness (QED) is 0.787. The van der Waals surface area contributed by atoms with Crippen molar-refractivity contribution < 1.29 is 5.11 Å². The van der Waals surface area contributed by atoms with E-state index in [1.807, 2.05) is 24.3 Å². The van der Waals surface area contributed by atoms with Gasteiger partial charge in [0.25, 0.3) is 0 Å². The van der Waals surface area contributed by atoms with Crippen LogP contribution in [0.5, 0.6) is 0 Å². The van der Waals surface area contributed by atoms with E-state index in [9.17, 15) is 0 Å². The molecule has 1 N–H and O–H groups in total. The first-order chi connectivity index (χ1) is 5.88. The van der Waals surface area contributed by atoms with E-state index in [0.29, 0.717) is 0 Å². The van der Waals surface area contributed by atoms with E-state index in [1.54, 1.807) is 6.08 Å². The Balaban J connectivity index is 2.89. The van der Waals surface area contributed by atoms with Gasteiger partial charge in [-0.1, -0.05) is 52.3 Å². The third-order valence-corrected chi connectivity index (χ3v) is 2.21. The number of rotatable bonds is 3. The van der Waals surface area contributed by atoms with Gasteiger partial charge in [0.2, 0.25) is 0 Å².